The molecule has 5 rings (SSSR count). The lowest BCUT2D eigenvalue weighted by molar-refractivity contribution is 0.0948. The first-order chi connectivity index (χ1) is 15.6. The number of anilines is 2. The van der Waals surface area contributed by atoms with E-state index < -0.39 is 0 Å². The maximum atomic E-state index is 12.5. The summed E-state index contributed by atoms with van der Waals surface area (Å²) in [5.74, 6) is 3.20. The Kier molecular flexibility index (Phi) is 5.17. The average molecular weight is 428 g/mol. The fourth-order valence-corrected chi connectivity index (χ4v) is 3.33. The minimum Gasteiger partial charge on any atom is -0.465 e. The van der Waals surface area contributed by atoms with E-state index in [4.69, 9.17) is 13.9 Å². The summed E-state index contributed by atoms with van der Waals surface area (Å²) in [4.78, 5) is 21.3. The highest BCUT2D eigenvalue weighted by Gasteiger charge is 2.14. The molecule has 0 unspecified atom stereocenters. The van der Waals surface area contributed by atoms with Crippen molar-refractivity contribution < 1.29 is 18.7 Å². The number of nitrogens with zero attached hydrogens (tertiary/aromatic N) is 2. The number of nitrogens with one attached hydrogen (secondary N) is 2. The van der Waals surface area contributed by atoms with Crippen molar-refractivity contribution in [2.75, 3.05) is 12.1 Å². The normalized spacial score (nSPS) is 11.9. The van der Waals surface area contributed by atoms with Gasteiger partial charge in [0.05, 0.1) is 6.54 Å². The molecule has 2 N–H and O–H groups in total. The standard InChI is InChI=1S/C24H20N4O4/c1-15-5-7-20(32-15)13-25-23(29)17-3-2-4-19(9-17)28-24-26-11-18(12-27-24)16-6-8-21-22(10-16)31-14-30-21/h2-12H,13-14H2,1H3,(H,25,29)(H,26,27,28). The molecule has 0 atom stereocenters. The molecular formula is C24H20N4O4. The van der Waals surface area contributed by atoms with Crippen molar-refractivity contribution in [2.24, 2.45) is 0 Å². The zero-order valence-corrected chi connectivity index (χ0v) is 17.3. The van der Waals surface area contributed by atoms with Crippen LogP contribution < -0.4 is 20.1 Å². The number of hydrogen-bond acceptors (Lipinski definition) is 7. The van der Waals surface area contributed by atoms with Crippen LogP contribution >= 0.6 is 0 Å². The molecule has 32 heavy (non-hydrogen) atoms. The molecule has 0 fully saturated rings. The van der Waals surface area contributed by atoms with Gasteiger partial charge in [-0.2, -0.15) is 0 Å². The van der Waals surface area contributed by atoms with Crippen LogP contribution in [0, 0.1) is 6.92 Å². The quantitative estimate of drug-likeness (QED) is 0.468. The second kappa shape index (κ2) is 8.43. The molecule has 1 aliphatic heterocycles. The summed E-state index contributed by atoms with van der Waals surface area (Å²) in [6.45, 7) is 2.43. The lowest BCUT2D eigenvalue weighted by atomic mass is 10.1. The van der Waals surface area contributed by atoms with E-state index in [2.05, 4.69) is 20.6 Å². The molecule has 0 aliphatic carbocycles. The van der Waals surface area contributed by atoms with Crippen LogP contribution in [0.1, 0.15) is 21.9 Å². The largest absolute Gasteiger partial charge is 0.465 e. The van der Waals surface area contributed by atoms with Gasteiger partial charge in [0.1, 0.15) is 11.5 Å². The Hall–Kier alpha value is -4.33. The highest BCUT2D eigenvalue weighted by molar-refractivity contribution is 5.95. The monoisotopic (exact) mass is 428 g/mol. The molecule has 0 saturated carbocycles. The number of aryl methyl sites for hydroxylation is 1. The number of benzene rings is 2. The molecule has 3 heterocycles. The molecule has 1 aliphatic rings. The summed E-state index contributed by atoms with van der Waals surface area (Å²) in [6, 6.07) is 16.6. The van der Waals surface area contributed by atoms with Gasteiger partial charge in [0.15, 0.2) is 11.5 Å². The van der Waals surface area contributed by atoms with Crippen molar-refractivity contribution in [1.29, 1.82) is 0 Å². The summed E-state index contributed by atoms with van der Waals surface area (Å²) in [5, 5.41) is 5.98. The van der Waals surface area contributed by atoms with Gasteiger partial charge in [-0.05, 0) is 55.0 Å². The van der Waals surface area contributed by atoms with Gasteiger partial charge in [-0.1, -0.05) is 12.1 Å². The summed E-state index contributed by atoms with van der Waals surface area (Å²) in [7, 11) is 0. The molecule has 0 bridgehead atoms. The zero-order valence-electron chi connectivity index (χ0n) is 17.3. The molecule has 2 aromatic heterocycles. The van der Waals surface area contributed by atoms with Crippen molar-refractivity contribution in [2.45, 2.75) is 13.5 Å². The smallest absolute Gasteiger partial charge is 0.251 e. The molecular weight excluding hydrogens is 408 g/mol. The maximum Gasteiger partial charge on any atom is 0.251 e. The molecule has 8 heteroatoms. The fourth-order valence-electron chi connectivity index (χ4n) is 3.33. The van der Waals surface area contributed by atoms with E-state index in [9.17, 15) is 4.79 Å². The van der Waals surface area contributed by atoms with Gasteiger partial charge in [0.25, 0.3) is 5.91 Å². The minimum absolute atomic E-state index is 0.193. The van der Waals surface area contributed by atoms with Gasteiger partial charge in [0, 0.05) is 29.2 Å². The Morgan fingerprint density at radius 2 is 1.81 bits per heavy atom. The number of carbonyl (C=O) groups excluding carboxylic acids is 1. The van der Waals surface area contributed by atoms with Crippen molar-refractivity contribution in [3.05, 3.63) is 84.1 Å². The molecule has 1 amide bonds. The Bertz CT molecular complexity index is 1270. The summed E-state index contributed by atoms with van der Waals surface area (Å²) in [6.07, 6.45) is 3.46. The van der Waals surface area contributed by atoms with E-state index in [-0.39, 0.29) is 12.7 Å². The highest BCUT2D eigenvalue weighted by atomic mass is 16.7. The number of ether oxygens (including phenoxy) is 2. The third-order valence-electron chi connectivity index (χ3n) is 4.96. The molecule has 0 saturated heterocycles. The Morgan fingerprint density at radius 1 is 0.969 bits per heavy atom. The molecule has 4 aromatic rings. The zero-order chi connectivity index (χ0) is 21.9. The van der Waals surface area contributed by atoms with E-state index in [1.165, 1.54) is 0 Å². The van der Waals surface area contributed by atoms with Crippen LogP contribution in [0.5, 0.6) is 11.5 Å². The van der Waals surface area contributed by atoms with Gasteiger partial charge < -0.3 is 24.5 Å². The van der Waals surface area contributed by atoms with Crippen molar-refractivity contribution in [3.63, 3.8) is 0 Å². The number of fused-ring (bicyclic) bond motifs is 1. The van der Waals surface area contributed by atoms with Crippen LogP contribution in [0.25, 0.3) is 11.1 Å². The van der Waals surface area contributed by atoms with Crippen LogP contribution in [0.2, 0.25) is 0 Å². The number of furan rings is 1. The van der Waals surface area contributed by atoms with Crippen LogP contribution in [0.4, 0.5) is 11.6 Å². The van der Waals surface area contributed by atoms with Gasteiger partial charge in [-0.25, -0.2) is 9.97 Å². The highest BCUT2D eigenvalue weighted by Crippen LogP contribution is 2.35. The Balaban J connectivity index is 1.24. The second-order valence-corrected chi connectivity index (χ2v) is 7.26. The topological polar surface area (TPSA) is 98.5 Å². The van der Waals surface area contributed by atoms with Crippen molar-refractivity contribution in [1.82, 2.24) is 15.3 Å². The van der Waals surface area contributed by atoms with Crippen LogP contribution in [-0.4, -0.2) is 22.7 Å². The van der Waals surface area contributed by atoms with Gasteiger partial charge >= 0.3 is 0 Å². The maximum absolute atomic E-state index is 12.5. The first-order valence-electron chi connectivity index (χ1n) is 10.1. The number of hydrogen-bond donors (Lipinski definition) is 2. The molecule has 0 radical (unpaired) electrons. The Morgan fingerprint density at radius 3 is 2.62 bits per heavy atom. The van der Waals surface area contributed by atoms with Crippen LogP contribution in [0.15, 0.2) is 71.4 Å². The number of carbonyl (C=O) groups is 1. The third kappa shape index (κ3) is 4.24. The molecule has 8 nitrogen and oxygen atoms in total. The second-order valence-electron chi connectivity index (χ2n) is 7.26. The van der Waals surface area contributed by atoms with Crippen LogP contribution in [0.3, 0.4) is 0 Å². The third-order valence-corrected chi connectivity index (χ3v) is 4.96. The lowest BCUT2D eigenvalue weighted by Crippen LogP contribution is -2.22. The van der Waals surface area contributed by atoms with Gasteiger partial charge in [-0.3, -0.25) is 4.79 Å². The predicted octanol–water partition coefficient (Wildman–Crippen LogP) is 4.45. The van der Waals surface area contributed by atoms with Gasteiger partial charge in [-0.15, -0.1) is 0 Å². The SMILES string of the molecule is Cc1ccc(CNC(=O)c2cccc(Nc3ncc(-c4ccc5c(c4)OCO5)cn3)c2)o1. The van der Waals surface area contributed by atoms with E-state index >= 15 is 0 Å². The van der Waals surface area contributed by atoms with E-state index in [0.717, 1.165) is 22.6 Å². The summed E-state index contributed by atoms with van der Waals surface area (Å²) < 4.78 is 16.2. The molecule has 2 aromatic carbocycles. The average Bonchev–Trinajstić information content (AvgIpc) is 3.46. The lowest BCUT2D eigenvalue weighted by Gasteiger charge is -2.08. The van der Waals surface area contributed by atoms with E-state index in [1.54, 1.807) is 30.6 Å². The summed E-state index contributed by atoms with van der Waals surface area (Å²) >= 11 is 0. The molecule has 160 valence electrons. The van der Waals surface area contributed by atoms with Gasteiger partial charge in [0.2, 0.25) is 12.7 Å². The van der Waals surface area contributed by atoms with E-state index in [1.807, 2.05) is 43.3 Å². The number of amides is 1. The number of rotatable bonds is 6. The van der Waals surface area contributed by atoms with Crippen LogP contribution in [-0.2, 0) is 6.54 Å². The van der Waals surface area contributed by atoms with E-state index in [0.29, 0.717) is 35.3 Å². The predicted molar refractivity (Wildman–Crippen MR) is 118 cm³/mol. The first-order valence-corrected chi connectivity index (χ1v) is 10.1. The number of aromatic nitrogens is 2. The van der Waals surface area contributed by atoms with Crippen molar-refractivity contribution >= 4 is 17.5 Å². The minimum atomic E-state index is -0.193. The Labute approximate surface area is 184 Å². The van der Waals surface area contributed by atoms with Crippen molar-refractivity contribution in [3.8, 4) is 22.6 Å². The summed E-state index contributed by atoms with van der Waals surface area (Å²) in [5.41, 5.74) is 3.03. The first kappa shape index (κ1) is 19.6. The molecule has 0 spiro atoms. The fraction of sp³-hybridized carbons (Fsp3) is 0.125.